The number of nitrogens with zero attached hydrogens (tertiary/aromatic N) is 3. The zero-order chi connectivity index (χ0) is 19.3. The van der Waals surface area contributed by atoms with E-state index in [4.69, 9.17) is 5.41 Å². The van der Waals surface area contributed by atoms with Crippen LogP contribution >= 0.6 is 27.7 Å². The molecule has 136 valence electrons. The molecule has 0 saturated heterocycles. The summed E-state index contributed by atoms with van der Waals surface area (Å²) in [6.45, 7) is 5.99. The molecule has 1 amide bonds. The Morgan fingerprint density at radius 1 is 1.19 bits per heavy atom. The molecule has 0 bridgehead atoms. The number of fused-ring (bicyclic) bond motifs is 1. The molecule has 2 aromatic rings. The second-order valence-corrected chi connectivity index (χ2v) is 8.59. The quantitative estimate of drug-likeness (QED) is 0.666. The van der Waals surface area contributed by atoms with Crippen molar-refractivity contribution in [1.82, 2.24) is 9.47 Å². The molecule has 0 atom stereocenters. The third-order valence-corrected chi connectivity index (χ3v) is 5.97. The summed E-state index contributed by atoms with van der Waals surface area (Å²) in [7, 11) is 0. The van der Waals surface area contributed by atoms with E-state index in [2.05, 4.69) is 25.5 Å². The van der Waals surface area contributed by atoms with Crippen LogP contribution in [-0.2, 0) is 4.79 Å². The number of amides is 1. The number of carbonyl (C=O) groups is 1. The summed E-state index contributed by atoms with van der Waals surface area (Å²) in [5, 5.41) is 9.00. The van der Waals surface area contributed by atoms with Crippen molar-refractivity contribution >= 4 is 50.7 Å². The average molecular weight is 441 g/mol. The number of carbonyl (C=O) groups excluding carboxylic acids is 1. The molecule has 0 aliphatic carbocycles. The van der Waals surface area contributed by atoms with Crippen molar-refractivity contribution in [2.45, 2.75) is 20.8 Å². The van der Waals surface area contributed by atoms with Gasteiger partial charge in [-0.15, -0.1) is 0 Å². The van der Waals surface area contributed by atoms with E-state index in [1.165, 1.54) is 11.8 Å². The fraction of sp³-hybridized carbons (Fsp3) is 0.150. The minimum absolute atomic E-state index is 0.169. The highest BCUT2D eigenvalue weighted by molar-refractivity contribution is 9.10. The Morgan fingerprint density at radius 2 is 1.89 bits per heavy atom. The van der Waals surface area contributed by atoms with Gasteiger partial charge in [-0.05, 0) is 62.7 Å². The molecule has 3 heterocycles. The highest BCUT2D eigenvalue weighted by Crippen LogP contribution is 2.33. The van der Waals surface area contributed by atoms with Crippen LogP contribution in [-0.4, -0.2) is 26.4 Å². The second-order valence-electron chi connectivity index (χ2n) is 6.46. The van der Waals surface area contributed by atoms with Crippen molar-refractivity contribution in [3.8, 4) is 5.69 Å². The number of aromatic nitrogens is 1. The molecule has 5 nitrogen and oxygen atoms in total. The number of allylic oxidation sites excluding steroid dienone is 1. The first-order chi connectivity index (χ1) is 12.8. The highest BCUT2D eigenvalue weighted by atomic mass is 79.9. The van der Waals surface area contributed by atoms with Gasteiger partial charge in [0.25, 0.3) is 5.91 Å². The van der Waals surface area contributed by atoms with Crippen LogP contribution in [0.5, 0.6) is 0 Å². The molecule has 4 rings (SSSR count). The second kappa shape index (κ2) is 6.65. The summed E-state index contributed by atoms with van der Waals surface area (Å²) in [5.74, 6) is -0.196. The summed E-state index contributed by atoms with van der Waals surface area (Å²) < 4.78 is 3.16. The lowest BCUT2D eigenvalue weighted by molar-refractivity contribution is -0.114. The molecule has 1 N–H and O–H groups in total. The summed E-state index contributed by atoms with van der Waals surface area (Å²) >= 11 is 4.88. The SMILES string of the molecule is CC1=CN2C(=N)/C(=C/c3cc(C)n(-c4ccc(Br)cc4)c3C)C(=O)N=C2S1. The standard InChI is InChI=1S/C20H17BrN4OS/c1-11-8-14(13(3)25(11)16-6-4-15(21)5-7-16)9-17-18(22)24-10-12(2)27-20(24)23-19(17)26/h4-10,22H,1-3H3/b17-9-,22-18?. The van der Waals surface area contributed by atoms with Gasteiger partial charge in [0.05, 0.1) is 5.57 Å². The summed E-state index contributed by atoms with van der Waals surface area (Å²) in [5.41, 5.74) is 4.35. The zero-order valence-electron chi connectivity index (χ0n) is 15.1. The fourth-order valence-electron chi connectivity index (χ4n) is 3.28. The molecule has 0 radical (unpaired) electrons. The van der Waals surface area contributed by atoms with Crippen LogP contribution in [0, 0.1) is 19.3 Å². The van der Waals surface area contributed by atoms with Crippen molar-refractivity contribution in [3.05, 3.63) is 68.4 Å². The number of rotatable bonds is 2. The van der Waals surface area contributed by atoms with E-state index in [1.54, 1.807) is 11.0 Å². The number of hydrogen-bond acceptors (Lipinski definition) is 3. The summed E-state index contributed by atoms with van der Waals surface area (Å²) in [6.07, 6.45) is 3.62. The van der Waals surface area contributed by atoms with Crippen LogP contribution in [0.3, 0.4) is 0 Å². The van der Waals surface area contributed by atoms with Crippen LogP contribution in [0.4, 0.5) is 0 Å². The molecule has 0 spiro atoms. The van der Waals surface area contributed by atoms with E-state index in [1.807, 2.05) is 57.3 Å². The third kappa shape index (κ3) is 3.11. The molecular formula is C20H17BrN4OS. The van der Waals surface area contributed by atoms with E-state index in [0.717, 1.165) is 32.0 Å². The number of hydrogen-bond donors (Lipinski definition) is 1. The zero-order valence-corrected chi connectivity index (χ0v) is 17.5. The average Bonchev–Trinajstić information content (AvgIpc) is 3.12. The van der Waals surface area contributed by atoms with Gasteiger partial charge in [-0.2, -0.15) is 4.99 Å². The van der Waals surface area contributed by atoms with Crippen molar-refractivity contribution in [3.63, 3.8) is 0 Å². The van der Waals surface area contributed by atoms with Gasteiger partial charge in [-0.25, -0.2) is 0 Å². The molecule has 2 aliphatic rings. The van der Waals surface area contributed by atoms with Crippen molar-refractivity contribution in [1.29, 1.82) is 5.41 Å². The van der Waals surface area contributed by atoms with Gasteiger partial charge in [0.1, 0.15) is 5.84 Å². The molecule has 2 aliphatic heterocycles. The van der Waals surface area contributed by atoms with E-state index < -0.39 is 0 Å². The largest absolute Gasteiger partial charge is 0.318 e. The van der Waals surface area contributed by atoms with Gasteiger partial charge < -0.3 is 4.57 Å². The van der Waals surface area contributed by atoms with Gasteiger partial charge >= 0.3 is 0 Å². The number of nitrogens with one attached hydrogen (secondary N) is 1. The molecule has 27 heavy (non-hydrogen) atoms. The fourth-order valence-corrected chi connectivity index (χ4v) is 4.36. The maximum absolute atomic E-state index is 12.5. The topological polar surface area (TPSA) is 61.5 Å². The van der Waals surface area contributed by atoms with Crippen molar-refractivity contribution in [2.24, 2.45) is 4.99 Å². The molecule has 1 aromatic heterocycles. The molecule has 7 heteroatoms. The maximum Gasteiger partial charge on any atom is 0.283 e. The first-order valence-corrected chi connectivity index (χ1v) is 10.00. The number of aliphatic imine (C=N–C) groups is 1. The molecular weight excluding hydrogens is 424 g/mol. The van der Waals surface area contributed by atoms with Crippen molar-refractivity contribution in [2.75, 3.05) is 0 Å². The lowest BCUT2D eigenvalue weighted by Gasteiger charge is -2.22. The number of benzene rings is 1. The molecule has 0 unspecified atom stereocenters. The van der Waals surface area contributed by atoms with Gasteiger partial charge in [-0.3, -0.25) is 15.1 Å². The number of thioether (sulfide) groups is 1. The van der Waals surface area contributed by atoms with E-state index in [-0.39, 0.29) is 11.7 Å². The molecule has 1 aromatic carbocycles. The lowest BCUT2D eigenvalue weighted by atomic mass is 10.1. The third-order valence-electron chi connectivity index (χ3n) is 4.55. The monoisotopic (exact) mass is 440 g/mol. The Hall–Kier alpha value is -2.38. The smallest absolute Gasteiger partial charge is 0.283 e. The maximum atomic E-state index is 12.5. The molecule has 0 fully saturated rings. The summed E-state index contributed by atoms with van der Waals surface area (Å²) in [6, 6.07) is 10.1. The number of halogens is 1. The van der Waals surface area contributed by atoms with Crippen LogP contribution in [0.1, 0.15) is 23.9 Å². The molecule has 0 saturated carbocycles. The first kappa shape index (κ1) is 18.0. The minimum Gasteiger partial charge on any atom is -0.318 e. The van der Waals surface area contributed by atoms with Crippen molar-refractivity contribution < 1.29 is 4.79 Å². The Morgan fingerprint density at radius 3 is 2.59 bits per heavy atom. The minimum atomic E-state index is -0.365. The Balaban J connectivity index is 1.77. The van der Waals surface area contributed by atoms with Crippen LogP contribution in [0.25, 0.3) is 11.8 Å². The first-order valence-electron chi connectivity index (χ1n) is 8.39. The Bertz CT molecular complexity index is 1080. The Labute approximate surface area is 170 Å². The van der Waals surface area contributed by atoms with Crippen LogP contribution < -0.4 is 0 Å². The van der Waals surface area contributed by atoms with Gasteiger partial charge in [0, 0.05) is 32.7 Å². The van der Waals surface area contributed by atoms with E-state index in [0.29, 0.717) is 10.7 Å². The van der Waals surface area contributed by atoms with Gasteiger partial charge in [0.2, 0.25) is 0 Å². The van der Waals surface area contributed by atoms with E-state index in [9.17, 15) is 4.79 Å². The van der Waals surface area contributed by atoms with Crippen LogP contribution in [0.15, 0.2) is 56.5 Å². The number of aryl methyl sites for hydroxylation is 1. The number of amidine groups is 2. The highest BCUT2D eigenvalue weighted by Gasteiger charge is 2.33. The van der Waals surface area contributed by atoms with E-state index >= 15 is 0 Å². The van der Waals surface area contributed by atoms with Gasteiger partial charge in [0.15, 0.2) is 5.17 Å². The summed E-state index contributed by atoms with van der Waals surface area (Å²) in [4.78, 5) is 19.3. The predicted octanol–water partition coefficient (Wildman–Crippen LogP) is 5.02. The Kier molecular flexibility index (Phi) is 4.44. The van der Waals surface area contributed by atoms with Gasteiger partial charge in [-0.1, -0.05) is 27.7 Å². The van der Waals surface area contributed by atoms with Crippen LogP contribution in [0.2, 0.25) is 0 Å². The lowest BCUT2D eigenvalue weighted by Crippen LogP contribution is -2.35. The normalized spacial score (nSPS) is 18.1. The predicted molar refractivity (Wildman–Crippen MR) is 114 cm³/mol.